The van der Waals surface area contributed by atoms with Gasteiger partial charge in [-0.1, -0.05) is 92.9 Å². The van der Waals surface area contributed by atoms with Crippen LogP contribution in [0.25, 0.3) is 0 Å². The van der Waals surface area contributed by atoms with E-state index in [1.54, 1.807) is 5.56 Å². The molecule has 0 saturated heterocycles. The summed E-state index contributed by atoms with van der Waals surface area (Å²) in [4.78, 5) is 0. The number of hydrogen-bond donors (Lipinski definition) is 0. The van der Waals surface area contributed by atoms with E-state index >= 15 is 0 Å². The highest BCUT2D eigenvalue weighted by molar-refractivity contribution is 5.36. The predicted molar refractivity (Wildman–Crippen MR) is 107 cm³/mol. The second-order valence-electron chi connectivity index (χ2n) is 8.01. The normalized spacial score (nSPS) is 25.4. The second-order valence-corrected chi connectivity index (χ2v) is 8.01. The van der Waals surface area contributed by atoms with E-state index in [0.717, 1.165) is 17.8 Å². The summed E-state index contributed by atoms with van der Waals surface area (Å²) in [6.07, 6.45) is 12.8. The maximum atomic E-state index is 2.46. The molecule has 4 atom stereocenters. The van der Waals surface area contributed by atoms with Gasteiger partial charge in [-0.3, -0.25) is 0 Å². The minimum Gasteiger partial charge on any atom is -0.0851 e. The van der Waals surface area contributed by atoms with Crippen LogP contribution < -0.4 is 0 Å². The minimum atomic E-state index is 0.543. The quantitative estimate of drug-likeness (QED) is 0.376. The molecule has 1 fully saturated rings. The molecular weight excluding hydrogens is 300 g/mol. The van der Waals surface area contributed by atoms with Crippen LogP contribution in [0.15, 0.2) is 66.7 Å². The van der Waals surface area contributed by atoms with Crippen molar-refractivity contribution in [2.24, 2.45) is 11.8 Å². The monoisotopic (exact) mass is 330 g/mol. The Bertz CT molecular complexity index is 695. The summed E-state index contributed by atoms with van der Waals surface area (Å²) in [5, 5.41) is 0. The van der Waals surface area contributed by atoms with Gasteiger partial charge in [0.25, 0.3) is 0 Å². The van der Waals surface area contributed by atoms with E-state index in [9.17, 15) is 0 Å². The Morgan fingerprint density at radius 1 is 0.840 bits per heavy atom. The molecule has 1 saturated carbocycles. The van der Waals surface area contributed by atoms with Crippen LogP contribution in [0.3, 0.4) is 0 Å². The highest BCUT2D eigenvalue weighted by atomic mass is 14.4. The first-order valence-electron chi connectivity index (χ1n) is 10.2. The van der Waals surface area contributed by atoms with Gasteiger partial charge in [-0.05, 0) is 53.7 Å². The topological polar surface area (TPSA) is 0 Å². The molecule has 0 amide bonds. The SMILES string of the molecule is CCCCCC(c1ccccc1)c1ccc(C2CC3C=CC2C3)cc1. The van der Waals surface area contributed by atoms with Gasteiger partial charge in [0.2, 0.25) is 0 Å². The summed E-state index contributed by atoms with van der Waals surface area (Å²) in [5.74, 6) is 2.95. The minimum absolute atomic E-state index is 0.543. The van der Waals surface area contributed by atoms with Crippen LogP contribution in [-0.4, -0.2) is 0 Å². The van der Waals surface area contributed by atoms with Crippen LogP contribution in [-0.2, 0) is 0 Å². The predicted octanol–water partition coefficient (Wildman–Crippen LogP) is 7.08. The maximum Gasteiger partial charge on any atom is 0.00893 e. The lowest BCUT2D eigenvalue weighted by molar-refractivity contribution is 0.584. The van der Waals surface area contributed by atoms with Gasteiger partial charge in [-0.2, -0.15) is 0 Å². The Morgan fingerprint density at radius 2 is 1.60 bits per heavy atom. The third-order valence-corrected chi connectivity index (χ3v) is 6.34. The molecule has 2 aromatic rings. The Kier molecular flexibility index (Phi) is 5.06. The molecule has 4 rings (SSSR count). The Balaban J connectivity index is 1.53. The van der Waals surface area contributed by atoms with Crippen LogP contribution in [0.2, 0.25) is 0 Å². The summed E-state index contributed by atoms with van der Waals surface area (Å²) in [6, 6.07) is 20.7. The fourth-order valence-electron chi connectivity index (χ4n) is 4.95. The first-order chi connectivity index (χ1) is 12.3. The molecule has 0 nitrogen and oxygen atoms in total. The van der Waals surface area contributed by atoms with Gasteiger partial charge in [-0.25, -0.2) is 0 Å². The molecule has 130 valence electrons. The zero-order valence-corrected chi connectivity index (χ0v) is 15.4. The zero-order valence-electron chi connectivity index (χ0n) is 15.4. The molecule has 0 spiro atoms. The molecule has 2 aliphatic carbocycles. The lowest BCUT2D eigenvalue weighted by atomic mass is 9.83. The number of benzene rings is 2. The maximum absolute atomic E-state index is 2.46. The van der Waals surface area contributed by atoms with E-state index in [4.69, 9.17) is 0 Å². The Hall–Kier alpha value is -1.82. The van der Waals surface area contributed by atoms with E-state index < -0.39 is 0 Å². The third kappa shape index (κ3) is 3.59. The van der Waals surface area contributed by atoms with Crippen LogP contribution in [0.4, 0.5) is 0 Å². The average molecular weight is 331 g/mol. The third-order valence-electron chi connectivity index (χ3n) is 6.34. The van der Waals surface area contributed by atoms with Crippen LogP contribution >= 0.6 is 0 Å². The van der Waals surface area contributed by atoms with Crippen molar-refractivity contribution in [2.75, 3.05) is 0 Å². The number of unbranched alkanes of at least 4 members (excludes halogenated alkanes) is 2. The second kappa shape index (κ2) is 7.60. The molecule has 0 aromatic heterocycles. The molecule has 0 radical (unpaired) electrons. The number of hydrogen-bond acceptors (Lipinski definition) is 0. The van der Waals surface area contributed by atoms with Crippen LogP contribution in [0.1, 0.15) is 74.0 Å². The van der Waals surface area contributed by atoms with E-state index in [1.165, 1.54) is 49.7 Å². The van der Waals surface area contributed by atoms with Crippen LogP contribution in [0.5, 0.6) is 0 Å². The number of fused-ring (bicyclic) bond motifs is 2. The summed E-state index contributed by atoms with van der Waals surface area (Å²) in [6.45, 7) is 2.29. The lowest BCUT2D eigenvalue weighted by Gasteiger charge is -2.21. The Labute approximate surface area is 153 Å². The van der Waals surface area contributed by atoms with Crippen molar-refractivity contribution in [2.45, 2.75) is 57.3 Å². The smallest absolute Gasteiger partial charge is 0.00893 e. The van der Waals surface area contributed by atoms with Crippen molar-refractivity contribution in [3.8, 4) is 0 Å². The summed E-state index contributed by atoms with van der Waals surface area (Å²) >= 11 is 0. The molecular formula is C25H30. The molecule has 4 unspecified atom stereocenters. The van der Waals surface area contributed by atoms with Gasteiger partial charge in [0.1, 0.15) is 0 Å². The number of rotatable bonds is 7. The standard InChI is InChI=1S/C25H30/c1-2-3-5-10-24(20-8-6-4-7-9-20)21-13-15-22(16-14-21)25-18-19-11-12-23(25)17-19/h4,6-9,11-16,19,23-25H,2-3,5,10,17-18H2,1H3. The van der Waals surface area contributed by atoms with Gasteiger partial charge in [0.05, 0.1) is 0 Å². The average Bonchev–Trinajstić information content (AvgIpc) is 3.30. The van der Waals surface area contributed by atoms with Crippen molar-refractivity contribution in [1.82, 2.24) is 0 Å². The van der Waals surface area contributed by atoms with Gasteiger partial charge in [-0.15, -0.1) is 0 Å². The molecule has 0 aliphatic heterocycles. The first kappa shape index (κ1) is 16.6. The molecule has 0 heterocycles. The summed E-state index contributed by atoms with van der Waals surface area (Å²) in [5.41, 5.74) is 4.51. The fraction of sp³-hybridized carbons (Fsp3) is 0.440. The van der Waals surface area contributed by atoms with Crippen molar-refractivity contribution < 1.29 is 0 Å². The van der Waals surface area contributed by atoms with Gasteiger partial charge < -0.3 is 0 Å². The largest absolute Gasteiger partial charge is 0.0851 e. The van der Waals surface area contributed by atoms with Crippen molar-refractivity contribution >= 4 is 0 Å². The van der Waals surface area contributed by atoms with E-state index in [2.05, 4.69) is 73.7 Å². The van der Waals surface area contributed by atoms with Crippen molar-refractivity contribution in [1.29, 1.82) is 0 Å². The summed E-state index contributed by atoms with van der Waals surface area (Å²) < 4.78 is 0. The van der Waals surface area contributed by atoms with Gasteiger partial charge in [0, 0.05) is 5.92 Å². The highest BCUT2D eigenvalue weighted by Crippen LogP contribution is 2.48. The first-order valence-corrected chi connectivity index (χ1v) is 10.2. The molecule has 2 aliphatic rings. The zero-order chi connectivity index (χ0) is 17.1. The Morgan fingerprint density at radius 3 is 2.24 bits per heavy atom. The fourth-order valence-corrected chi connectivity index (χ4v) is 4.95. The van der Waals surface area contributed by atoms with Gasteiger partial charge >= 0.3 is 0 Å². The molecule has 2 bridgehead atoms. The summed E-state index contributed by atoms with van der Waals surface area (Å²) in [7, 11) is 0. The highest BCUT2D eigenvalue weighted by Gasteiger charge is 2.36. The number of allylic oxidation sites excluding steroid dienone is 2. The van der Waals surface area contributed by atoms with Crippen molar-refractivity contribution in [3.63, 3.8) is 0 Å². The van der Waals surface area contributed by atoms with Crippen molar-refractivity contribution in [3.05, 3.63) is 83.4 Å². The van der Waals surface area contributed by atoms with Gasteiger partial charge in [0.15, 0.2) is 0 Å². The van der Waals surface area contributed by atoms with E-state index in [-0.39, 0.29) is 0 Å². The molecule has 0 N–H and O–H groups in total. The van der Waals surface area contributed by atoms with E-state index in [1.807, 2.05) is 0 Å². The molecule has 2 aromatic carbocycles. The molecule has 25 heavy (non-hydrogen) atoms. The van der Waals surface area contributed by atoms with Crippen LogP contribution in [0, 0.1) is 11.8 Å². The lowest BCUT2D eigenvalue weighted by Crippen LogP contribution is -2.06. The van der Waals surface area contributed by atoms with E-state index in [0.29, 0.717) is 5.92 Å². The molecule has 0 heteroatoms.